The third-order valence-electron chi connectivity index (χ3n) is 8.59. The molecule has 0 aliphatic heterocycles. The molecule has 3 N–H and O–H groups in total. The number of carbonyl (C=O) groups excluding carboxylic acids is 2. The van der Waals surface area contributed by atoms with E-state index in [9.17, 15) is 24.2 Å². The van der Waals surface area contributed by atoms with Crippen LogP contribution in [-0.4, -0.2) is 65.7 Å². The number of phosphoric acid groups is 1. The van der Waals surface area contributed by atoms with Crippen LogP contribution >= 0.6 is 7.82 Å². The molecule has 0 aromatic heterocycles. The van der Waals surface area contributed by atoms with Gasteiger partial charge in [0.15, 0.2) is 6.10 Å². The van der Waals surface area contributed by atoms with Crippen molar-refractivity contribution in [1.29, 1.82) is 0 Å². The van der Waals surface area contributed by atoms with Crippen molar-refractivity contribution in [2.45, 2.75) is 174 Å². The predicted molar refractivity (Wildman–Crippen MR) is 228 cm³/mol. The Bertz CT molecular complexity index is 1160. The molecule has 0 bridgehead atoms. The molecule has 0 amide bonds. The smallest absolute Gasteiger partial charge is 0.462 e. The number of unbranched alkanes of at least 4 members (excludes halogenated alkanes) is 13. The summed E-state index contributed by atoms with van der Waals surface area (Å²) in [5.41, 5.74) is 0. The first-order valence-corrected chi connectivity index (χ1v) is 22.9. The Balaban J connectivity index is 4.40. The first-order valence-electron chi connectivity index (χ1n) is 21.4. The number of aliphatic hydroxyl groups excluding tert-OH is 2. The molecule has 0 radical (unpaired) electrons. The highest BCUT2D eigenvalue weighted by molar-refractivity contribution is 7.47. The van der Waals surface area contributed by atoms with Crippen molar-refractivity contribution in [3.8, 4) is 0 Å². The number of allylic oxidation sites excluding steroid dienone is 12. The summed E-state index contributed by atoms with van der Waals surface area (Å²) in [6.07, 6.45) is 45.8. The Morgan fingerprint density at radius 1 is 0.554 bits per heavy atom. The second kappa shape index (κ2) is 40.6. The summed E-state index contributed by atoms with van der Waals surface area (Å²) in [6, 6.07) is 0. The van der Waals surface area contributed by atoms with Crippen LogP contribution in [0.5, 0.6) is 0 Å². The van der Waals surface area contributed by atoms with Gasteiger partial charge in [-0.25, -0.2) is 4.57 Å². The molecule has 0 aliphatic carbocycles. The minimum Gasteiger partial charge on any atom is -0.462 e. The van der Waals surface area contributed by atoms with Crippen LogP contribution in [0.1, 0.15) is 162 Å². The molecule has 0 spiro atoms. The van der Waals surface area contributed by atoms with Gasteiger partial charge < -0.3 is 24.6 Å². The van der Waals surface area contributed by atoms with E-state index in [1.54, 1.807) is 0 Å². The van der Waals surface area contributed by atoms with Crippen LogP contribution in [0.2, 0.25) is 0 Å². The molecular weight excluding hydrogens is 731 g/mol. The number of carbonyl (C=O) groups is 2. The normalized spacial score (nSPS) is 14.6. The van der Waals surface area contributed by atoms with Gasteiger partial charge in [0.25, 0.3) is 0 Å². The van der Waals surface area contributed by atoms with Crippen molar-refractivity contribution < 1.29 is 47.8 Å². The predicted octanol–water partition coefficient (Wildman–Crippen LogP) is 11.3. The van der Waals surface area contributed by atoms with Crippen LogP contribution < -0.4 is 0 Å². The minimum absolute atomic E-state index is 0.140. The average molecular weight is 809 g/mol. The fraction of sp³-hybridized carbons (Fsp3) is 0.689. The third-order valence-corrected chi connectivity index (χ3v) is 9.55. The maximum atomic E-state index is 12.6. The Labute approximate surface area is 339 Å². The summed E-state index contributed by atoms with van der Waals surface area (Å²) >= 11 is 0. The lowest BCUT2D eigenvalue weighted by atomic mass is 10.1. The van der Waals surface area contributed by atoms with E-state index in [2.05, 4.69) is 91.3 Å². The highest BCUT2D eigenvalue weighted by Crippen LogP contribution is 2.43. The molecular formula is C45H77O10P. The molecule has 0 aromatic rings. The molecule has 10 nitrogen and oxygen atoms in total. The molecule has 0 fully saturated rings. The summed E-state index contributed by atoms with van der Waals surface area (Å²) in [6.45, 7) is 2.19. The maximum absolute atomic E-state index is 12.6. The summed E-state index contributed by atoms with van der Waals surface area (Å²) in [5.74, 6) is -0.979. The van der Waals surface area contributed by atoms with E-state index in [1.807, 2.05) is 0 Å². The van der Waals surface area contributed by atoms with Gasteiger partial charge in [-0.3, -0.25) is 18.6 Å². The van der Waals surface area contributed by atoms with Crippen molar-refractivity contribution in [2.24, 2.45) is 0 Å². The van der Waals surface area contributed by atoms with Crippen LogP contribution in [0.15, 0.2) is 72.9 Å². The number of hydrogen-bond acceptors (Lipinski definition) is 9. The van der Waals surface area contributed by atoms with Crippen LogP contribution in [0.3, 0.4) is 0 Å². The zero-order chi connectivity index (χ0) is 41.2. The van der Waals surface area contributed by atoms with E-state index in [0.29, 0.717) is 12.8 Å². The van der Waals surface area contributed by atoms with Gasteiger partial charge >= 0.3 is 19.8 Å². The largest absolute Gasteiger partial charge is 0.472 e. The van der Waals surface area contributed by atoms with Crippen molar-refractivity contribution in [3.63, 3.8) is 0 Å². The van der Waals surface area contributed by atoms with Crippen molar-refractivity contribution in [1.82, 2.24) is 0 Å². The molecule has 0 aliphatic rings. The molecule has 0 rings (SSSR count). The van der Waals surface area contributed by atoms with E-state index in [-0.39, 0.29) is 19.4 Å². The van der Waals surface area contributed by atoms with Crippen molar-refractivity contribution >= 4 is 19.8 Å². The zero-order valence-corrected chi connectivity index (χ0v) is 35.7. The monoisotopic (exact) mass is 809 g/mol. The summed E-state index contributed by atoms with van der Waals surface area (Å²) in [4.78, 5) is 35.0. The van der Waals surface area contributed by atoms with Crippen LogP contribution in [-0.2, 0) is 32.7 Å². The fourth-order valence-electron chi connectivity index (χ4n) is 5.31. The number of hydrogen-bond donors (Lipinski definition) is 3. The van der Waals surface area contributed by atoms with Gasteiger partial charge in [-0.2, -0.15) is 0 Å². The fourth-order valence-corrected chi connectivity index (χ4v) is 6.10. The maximum Gasteiger partial charge on any atom is 0.472 e. The van der Waals surface area contributed by atoms with Crippen molar-refractivity contribution in [2.75, 3.05) is 26.4 Å². The molecule has 0 saturated heterocycles. The first-order chi connectivity index (χ1) is 27.2. The Hall–Kier alpha value is -2.59. The molecule has 56 heavy (non-hydrogen) atoms. The van der Waals surface area contributed by atoms with Gasteiger partial charge in [-0.1, -0.05) is 138 Å². The van der Waals surface area contributed by atoms with Gasteiger partial charge in [0.05, 0.1) is 19.8 Å². The van der Waals surface area contributed by atoms with E-state index < -0.39 is 51.8 Å². The lowest BCUT2D eigenvalue weighted by Gasteiger charge is -2.20. The lowest BCUT2D eigenvalue weighted by molar-refractivity contribution is -0.161. The third kappa shape index (κ3) is 39.6. The number of ether oxygens (including phenoxy) is 2. The number of phosphoric ester groups is 1. The SMILES string of the molecule is CC/C=C\C/C=C\C/C=C\C/C=C\C/C=C\CCCCCC(=O)OC(COC(=O)CCCCCCC/C=C\CCCCCCC)COP(=O)(O)OCC(O)CO. The molecule has 3 unspecified atom stereocenters. The zero-order valence-electron chi connectivity index (χ0n) is 34.8. The van der Waals surface area contributed by atoms with E-state index in [0.717, 1.165) is 89.9 Å². The number of aliphatic hydroxyl groups is 2. The second-order valence-corrected chi connectivity index (χ2v) is 15.4. The Kier molecular flexibility index (Phi) is 38.7. The highest BCUT2D eigenvalue weighted by atomic mass is 31.2. The van der Waals surface area contributed by atoms with Crippen LogP contribution in [0.25, 0.3) is 0 Å². The van der Waals surface area contributed by atoms with Gasteiger partial charge in [0.1, 0.15) is 12.7 Å². The number of rotatable bonds is 39. The van der Waals surface area contributed by atoms with Gasteiger partial charge in [0, 0.05) is 12.8 Å². The average Bonchev–Trinajstić information content (AvgIpc) is 3.19. The first kappa shape index (κ1) is 53.4. The molecule has 0 heterocycles. The summed E-state index contributed by atoms with van der Waals surface area (Å²) in [5, 5.41) is 18.3. The molecule has 0 saturated carbocycles. The molecule has 0 aromatic carbocycles. The summed E-state index contributed by atoms with van der Waals surface area (Å²) < 4.78 is 32.7. The minimum atomic E-state index is -4.63. The van der Waals surface area contributed by atoms with Crippen LogP contribution in [0, 0.1) is 0 Å². The molecule has 322 valence electrons. The van der Waals surface area contributed by atoms with E-state index in [1.165, 1.54) is 32.1 Å². The van der Waals surface area contributed by atoms with E-state index >= 15 is 0 Å². The topological polar surface area (TPSA) is 149 Å². The standard InChI is InChI=1S/C45H77O10P/c1-3-5-7-9-11-13-15-17-19-20-21-22-23-25-27-29-31-33-35-37-45(49)55-43(41-54-56(50,51)53-39-42(47)38-46)40-52-44(48)36-34-32-30-28-26-24-18-16-14-12-10-8-6-4-2/h5,7,11,13,16-19,21-22,25,27,42-43,46-47H,3-4,6,8-10,12,14-15,20,23-24,26,28-41H2,1-2H3,(H,50,51)/b7-5-,13-11-,18-16-,19-17-,22-21-,27-25-. The molecule has 11 heteroatoms. The summed E-state index contributed by atoms with van der Waals surface area (Å²) in [7, 11) is -4.63. The Morgan fingerprint density at radius 2 is 0.982 bits per heavy atom. The van der Waals surface area contributed by atoms with Crippen molar-refractivity contribution in [3.05, 3.63) is 72.9 Å². The van der Waals surface area contributed by atoms with Gasteiger partial charge in [-0.15, -0.1) is 0 Å². The lowest BCUT2D eigenvalue weighted by Crippen LogP contribution is -2.29. The van der Waals surface area contributed by atoms with E-state index in [4.69, 9.17) is 19.1 Å². The van der Waals surface area contributed by atoms with Crippen LogP contribution in [0.4, 0.5) is 0 Å². The Morgan fingerprint density at radius 3 is 1.52 bits per heavy atom. The highest BCUT2D eigenvalue weighted by Gasteiger charge is 2.27. The quantitative estimate of drug-likeness (QED) is 0.0237. The second-order valence-electron chi connectivity index (χ2n) is 14.0. The number of esters is 2. The van der Waals surface area contributed by atoms with Gasteiger partial charge in [-0.05, 0) is 83.5 Å². The van der Waals surface area contributed by atoms with Gasteiger partial charge in [0.2, 0.25) is 0 Å². The molecule has 3 atom stereocenters.